The van der Waals surface area contributed by atoms with Crippen LogP contribution in [0.3, 0.4) is 0 Å². The van der Waals surface area contributed by atoms with Gasteiger partial charge in [-0.2, -0.15) is 0 Å². The molecule has 0 spiro atoms. The summed E-state index contributed by atoms with van der Waals surface area (Å²) in [5, 5.41) is 2.95. The van der Waals surface area contributed by atoms with E-state index in [1.165, 1.54) is 5.56 Å². The predicted molar refractivity (Wildman–Crippen MR) is 114 cm³/mol. The molecule has 2 aromatic carbocycles. The molecule has 0 saturated heterocycles. The first-order valence-corrected chi connectivity index (χ1v) is 10.0. The van der Waals surface area contributed by atoms with Gasteiger partial charge in [-0.15, -0.1) is 0 Å². The maximum absolute atomic E-state index is 12.7. The number of amides is 1. The second kappa shape index (κ2) is 9.05. The van der Waals surface area contributed by atoms with E-state index in [0.29, 0.717) is 18.8 Å². The fourth-order valence-corrected chi connectivity index (χ4v) is 4.03. The number of nitrogens with one attached hydrogen (secondary N) is 1. The molecule has 4 rings (SSSR count). The van der Waals surface area contributed by atoms with Crippen LogP contribution < -0.4 is 14.8 Å². The number of hydrogen-bond donors (Lipinski definition) is 1. The second-order valence-corrected chi connectivity index (χ2v) is 7.30. The van der Waals surface area contributed by atoms with Crippen molar-refractivity contribution in [2.45, 2.75) is 19.0 Å². The number of methoxy groups -OCH3 is 2. The lowest BCUT2D eigenvalue weighted by Gasteiger charge is -2.37. The van der Waals surface area contributed by atoms with Gasteiger partial charge in [0.05, 0.1) is 39.6 Å². The Bertz CT molecular complexity index is 986. The average molecular weight is 406 g/mol. The van der Waals surface area contributed by atoms with E-state index >= 15 is 0 Å². The number of carbonyl (C=O) groups excluding carboxylic acids is 1. The minimum absolute atomic E-state index is 0.0312. The maximum atomic E-state index is 12.7. The van der Waals surface area contributed by atoms with Crippen molar-refractivity contribution in [2.75, 3.05) is 27.3 Å². The largest absolute Gasteiger partial charge is 0.493 e. The lowest BCUT2D eigenvalue weighted by Crippen LogP contribution is -2.43. The molecule has 3 aromatic rings. The third-order valence-electron chi connectivity index (χ3n) is 5.48. The average Bonchev–Trinajstić information content (AvgIpc) is 3.31. The van der Waals surface area contributed by atoms with Crippen LogP contribution >= 0.6 is 0 Å². The monoisotopic (exact) mass is 406 g/mol. The highest BCUT2D eigenvalue weighted by Crippen LogP contribution is 2.40. The molecular formula is C24H26N2O4. The molecular weight excluding hydrogens is 380 g/mol. The molecule has 6 nitrogen and oxygen atoms in total. The van der Waals surface area contributed by atoms with Crippen LogP contribution in [0.2, 0.25) is 0 Å². The SMILES string of the molecule is COc1cc2c(cc1OC)[C@@H](c1ccccc1)N(CC(=O)NCc1ccco1)CC2. The first-order valence-electron chi connectivity index (χ1n) is 10.0. The first-order chi connectivity index (χ1) is 14.7. The number of furan rings is 1. The standard InChI is InChI=1S/C24H26N2O4/c1-28-21-13-18-10-11-26(16-23(27)25-15-19-9-6-12-30-19)24(17-7-4-3-5-8-17)20(18)14-22(21)29-2/h3-9,12-14,24H,10-11,15-16H2,1-2H3,(H,25,27)/t24-/m1/s1. The van der Waals surface area contributed by atoms with E-state index in [4.69, 9.17) is 13.9 Å². The number of rotatable bonds is 7. The van der Waals surface area contributed by atoms with Gasteiger partial charge in [0, 0.05) is 6.54 Å². The van der Waals surface area contributed by atoms with Crippen molar-refractivity contribution < 1.29 is 18.7 Å². The molecule has 2 heterocycles. The van der Waals surface area contributed by atoms with Crippen molar-refractivity contribution in [2.24, 2.45) is 0 Å². The zero-order valence-corrected chi connectivity index (χ0v) is 17.3. The Morgan fingerprint density at radius 3 is 2.57 bits per heavy atom. The number of carbonyl (C=O) groups is 1. The number of fused-ring (bicyclic) bond motifs is 1. The Labute approximate surface area is 176 Å². The summed E-state index contributed by atoms with van der Waals surface area (Å²) in [6.45, 7) is 1.46. The zero-order valence-electron chi connectivity index (χ0n) is 17.3. The van der Waals surface area contributed by atoms with E-state index in [-0.39, 0.29) is 11.9 Å². The van der Waals surface area contributed by atoms with E-state index in [1.54, 1.807) is 20.5 Å². The molecule has 0 aliphatic carbocycles. The quantitative estimate of drug-likeness (QED) is 0.650. The van der Waals surface area contributed by atoms with Crippen LogP contribution in [0.25, 0.3) is 0 Å². The molecule has 0 bridgehead atoms. The Kier molecular flexibility index (Phi) is 6.05. The van der Waals surface area contributed by atoms with E-state index in [2.05, 4.69) is 28.4 Å². The summed E-state index contributed by atoms with van der Waals surface area (Å²) in [6.07, 6.45) is 2.45. The molecule has 0 saturated carbocycles. The summed E-state index contributed by atoms with van der Waals surface area (Å²) < 4.78 is 16.3. The van der Waals surface area contributed by atoms with Crippen LogP contribution in [0.4, 0.5) is 0 Å². The molecule has 1 amide bonds. The van der Waals surface area contributed by atoms with E-state index < -0.39 is 0 Å². The van der Waals surface area contributed by atoms with Gasteiger partial charge in [-0.05, 0) is 47.4 Å². The molecule has 0 unspecified atom stereocenters. The highest BCUT2D eigenvalue weighted by atomic mass is 16.5. The topological polar surface area (TPSA) is 63.9 Å². The molecule has 156 valence electrons. The molecule has 30 heavy (non-hydrogen) atoms. The van der Waals surface area contributed by atoms with Gasteiger partial charge in [0.2, 0.25) is 5.91 Å². The van der Waals surface area contributed by atoms with E-state index in [9.17, 15) is 4.79 Å². The maximum Gasteiger partial charge on any atom is 0.234 e. The van der Waals surface area contributed by atoms with Gasteiger partial charge in [-0.25, -0.2) is 0 Å². The van der Waals surface area contributed by atoms with Gasteiger partial charge >= 0.3 is 0 Å². The Balaban J connectivity index is 1.61. The number of benzene rings is 2. The minimum atomic E-state index is -0.0379. The van der Waals surface area contributed by atoms with Crippen molar-refractivity contribution in [3.05, 3.63) is 83.3 Å². The Morgan fingerprint density at radius 2 is 1.87 bits per heavy atom. The van der Waals surface area contributed by atoms with Crippen LogP contribution in [-0.4, -0.2) is 38.1 Å². The van der Waals surface area contributed by atoms with Crippen molar-refractivity contribution in [1.29, 1.82) is 0 Å². The molecule has 1 atom stereocenters. The molecule has 6 heteroatoms. The molecule has 0 fully saturated rings. The predicted octanol–water partition coefficient (Wildman–Crippen LogP) is 3.56. The zero-order chi connectivity index (χ0) is 20.9. The van der Waals surface area contributed by atoms with Crippen LogP contribution in [0.1, 0.15) is 28.5 Å². The first kappa shape index (κ1) is 20.0. The van der Waals surface area contributed by atoms with Crippen molar-refractivity contribution in [3.63, 3.8) is 0 Å². The molecule has 1 aliphatic rings. The number of ether oxygens (including phenoxy) is 2. The summed E-state index contributed by atoms with van der Waals surface area (Å²) in [6, 6.07) is 18.0. The molecule has 0 radical (unpaired) electrons. The number of hydrogen-bond acceptors (Lipinski definition) is 5. The Morgan fingerprint density at radius 1 is 1.10 bits per heavy atom. The number of nitrogens with zero attached hydrogens (tertiary/aromatic N) is 1. The fourth-order valence-electron chi connectivity index (χ4n) is 4.03. The van der Waals surface area contributed by atoms with Gasteiger partial charge in [0.15, 0.2) is 11.5 Å². The van der Waals surface area contributed by atoms with E-state index in [1.807, 2.05) is 36.4 Å². The minimum Gasteiger partial charge on any atom is -0.493 e. The van der Waals surface area contributed by atoms with Crippen molar-refractivity contribution in [1.82, 2.24) is 10.2 Å². The third-order valence-corrected chi connectivity index (χ3v) is 5.48. The van der Waals surface area contributed by atoms with Crippen molar-refractivity contribution in [3.8, 4) is 11.5 Å². The summed E-state index contributed by atoms with van der Waals surface area (Å²) in [5.74, 6) is 2.13. The lowest BCUT2D eigenvalue weighted by molar-refractivity contribution is -0.123. The Hall–Kier alpha value is -3.25. The van der Waals surface area contributed by atoms with E-state index in [0.717, 1.165) is 35.6 Å². The summed E-state index contributed by atoms with van der Waals surface area (Å²) in [7, 11) is 3.29. The second-order valence-electron chi connectivity index (χ2n) is 7.30. The highest BCUT2D eigenvalue weighted by molar-refractivity contribution is 5.78. The highest BCUT2D eigenvalue weighted by Gasteiger charge is 2.31. The van der Waals surface area contributed by atoms with Crippen LogP contribution in [0, 0.1) is 0 Å². The summed E-state index contributed by atoms with van der Waals surface area (Å²) >= 11 is 0. The molecule has 1 N–H and O–H groups in total. The molecule has 1 aliphatic heterocycles. The smallest absolute Gasteiger partial charge is 0.234 e. The van der Waals surface area contributed by atoms with Gasteiger partial charge in [-0.3, -0.25) is 9.69 Å². The van der Waals surface area contributed by atoms with Crippen LogP contribution in [-0.2, 0) is 17.8 Å². The van der Waals surface area contributed by atoms with Gasteiger partial charge in [0.25, 0.3) is 0 Å². The lowest BCUT2D eigenvalue weighted by atomic mass is 9.87. The normalized spacial score (nSPS) is 16.0. The fraction of sp³-hybridized carbons (Fsp3) is 0.292. The molecule has 1 aromatic heterocycles. The van der Waals surface area contributed by atoms with Gasteiger partial charge in [0.1, 0.15) is 5.76 Å². The third kappa shape index (κ3) is 4.19. The van der Waals surface area contributed by atoms with Crippen molar-refractivity contribution >= 4 is 5.91 Å². The van der Waals surface area contributed by atoms with Crippen LogP contribution in [0.5, 0.6) is 11.5 Å². The summed E-state index contributed by atoms with van der Waals surface area (Å²) in [4.78, 5) is 14.9. The summed E-state index contributed by atoms with van der Waals surface area (Å²) in [5.41, 5.74) is 3.50. The van der Waals surface area contributed by atoms with Crippen LogP contribution in [0.15, 0.2) is 65.3 Å². The van der Waals surface area contributed by atoms with Gasteiger partial charge in [-0.1, -0.05) is 30.3 Å². The van der Waals surface area contributed by atoms with Gasteiger partial charge < -0.3 is 19.2 Å².